The molecule has 0 aliphatic heterocycles. The van der Waals surface area contributed by atoms with E-state index in [0.717, 1.165) is 27.4 Å². The molecule has 22 heavy (non-hydrogen) atoms. The van der Waals surface area contributed by atoms with Crippen LogP contribution in [0, 0.1) is 0 Å². The van der Waals surface area contributed by atoms with Crippen molar-refractivity contribution < 1.29 is 0 Å². The standard InChI is InChI=1S/C14H11ClN6S/c1-21-10-3-2-8(15)4-9(10)20-11(21)5-22-14-12-13(17-6-16-12)18-7-19-14/h2-4,6-7H,5H2,1H3,(H,16,17,18,19). The summed E-state index contributed by atoms with van der Waals surface area (Å²) < 4.78 is 2.07. The molecule has 0 saturated carbocycles. The van der Waals surface area contributed by atoms with Crippen LogP contribution in [0.2, 0.25) is 5.02 Å². The van der Waals surface area contributed by atoms with Crippen LogP contribution in [0.5, 0.6) is 0 Å². The van der Waals surface area contributed by atoms with Crippen LogP contribution in [0.4, 0.5) is 0 Å². The Balaban J connectivity index is 1.66. The van der Waals surface area contributed by atoms with Gasteiger partial charge < -0.3 is 9.55 Å². The number of rotatable bonds is 3. The number of fused-ring (bicyclic) bond motifs is 2. The highest BCUT2D eigenvalue weighted by Gasteiger charge is 2.11. The summed E-state index contributed by atoms with van der Waals surface area (Å²) >= 11 is 7.63. The number of benzene rings is 1. The van der Waals surface area contributed by atoms with Gasteiger partial charge in [-0.05, 0) is 18.2 Å². The summed E-state index contributed by atoms with van der Waals surface area (Å²) in [5.74, 6) is 1.67. The molecule has 1 aromatic carbocycles. The zero-order chi connectivity index (χ0) is 15.1. The third-order valence-electron chi connectivity index (χ3n) is 3.46. The lowest BCUT2D eigenvalue weighted by Crippen LogP contribution is -1.96. The highest BCUT2D eigenvalue weighted by Crippen LogP contribution is 2.27. The summed E-state index contributed by atoms with van der Waals surface area (Å²) in [4.78, 5) is 20.3. The number of nitrogens with one attached hydrogen (secondary N) is 1. The number of thioether (sulfide) groups is 1. The molecular weight excluding hydrogens is 320 g/mol. The Morgan fingerprint density at radius 2 is 2.18 bits per heavy atom. The Morgan fingerprint density at radius 3 is 3.09 bits per heavy atom. The molecule has 0 aliphatic rings. The van der Waals surface area contributed by atoms with Gasteiger partial charge in [-0.1, -0.05) is 23.4 Å². The lowest BCUT2D eigenvalue weighted by atomic mass is 10.3. The van der Waals surface area contributed by atoms with Crippen molar-refractivity contribution in [2.24, 2.45) is 7.05 Å². The molecule has 8 heteroatoms. The second kappa shape index (κ2) is 5.26. The van der Waals surface area contributed by atoms with E-state index in [1.54, 1.807) is 18.1 Å². The van der Waals surface area contributed by atoms with Crippen LogP contribution < -0.4 is 0 Å². The molecule has 0 spiro atoms. The smallest absolute Gasteiger partial charge is 0.181 e. The summed E-state index contributed by atoms with van der Waals surface area (Å²) in [6, 6.07) is 5.74. The van der Waals surface area contributed by atoms with Gasteiger partial charge in [-0.15, -0.1) is 0 Å². The van der Waals surface area contributed by atoms with Gasteiger partial charge in [-0.2, -0.15) is 0 Å². The molecule has 0 amide bonds. The van der Waals surface area contributed by atoms with Crippen molar-refractivity contribution in [1.29, 1.82) is 0 Å². The number of halogens is 1. The maximum atomic E-state index is 6.02. The van der Waals surface area contributed by atoms with E-state index in [1.165, 1.54) is 6.33 Å². The van der Waals surface area contributed by atoms with Crippen molar-refractivity contribution in [3.8, 4) is 0 Å². The number of hydrogen-bond acceptors (Lipinski definition) is 5. The van der Waals surface area contributed by atoms with E-state index in [4.69, 9.17) is 11.6 Å². The molecular formula is C14H11ClN6S. The Labute approximate surface area is 135 Å². The monoisotopic (exact) mass is 330 g/mol. The maximum absolute atomic E-state index is 6.02. The Hall–Kier alpha value is -2.12. The number of aromatic amines is 1. The van der Waals surface area contributed by atoms with Crippen molar-refractivity contribution in [2.75, 3.05) is 0 Å². The fourth-order valence-corrected chi connectivity index (χ4v) is 3.44. The SMILES string of the molecule is Cn1c(CSc2ncnc3nc[nH]c23)nc2cc(Cl)ccc21. The molecule has 0 unspecified atom stereocenters. The van der Waals surface area contributed by atoms with Gasteiger partial charge in [0.05, 0.1) is 23.1 Å². The highest BCUT2D eigenvalue weighted by molar-refractivity contribution is 7.98. The predicted molar refractivity (Wildman–Crippen MR) is 87.0 cm³/mol. The molecule has 4 aromatic rings. The fourth-order valence-electron chi connectivity index (χ4n) is 2.34. The minimum absolute atomic E-state index is 0.675. The third-order valence-corrected chi connectivity index (χ3v) is 4.68. The van der Waals surface area contributed by atoms with Crippen LogP contribution in [0.15, 0.2) is 35.9 Å². The molecule has 0 aliphatic carbocycles. The topological polar surface area (TPSA) is 72.3 Å². The summed E-state index contributed by atoms with van der Waals surface area (Å²) in [5.41, 5.74) is 3.50. The van der Waals surface area contributed by atoms with Gasteiger partial charge in [0, 0.05) is 12.1 Å². The average Bonchev–Trinajstić information content (AvgIpc) is 3.10. The van der Waals surface area contributed by atoms with E-state index in [1.807, 2.05) is 25.2 Å². The first kappa shape index (κ1) is 13.5. The molecule has 0 fully saturated rings. The lowest BCUT2D eigenvalue weighted by Gasteiger charge is -2.02. The number of H-pyrrole nitrogens is 1. The zero-order valence-corrected chi connectivity index (χ0v) is 13.2. The van der Waals surface area contributed by atoms with Crippen LogP contribution >= 0.6 is 23.4 Å². The molecule has 0 bridgehead atoms. The van der Waals surface area contributed by atoms with Gasteiger partial charge in [0.15, 0.2) is 5.65 Å². The first-order chi connectivity index (χ1) is 10.7. The number of aromatic nitrogens is 6. The summed E-state index contributed by atoms with van der Waals surface area (Å²) in [5, 5.41) is 1.56. The maximum Gasteiger partial charge on any atom is 0.181 e. The van der Waals surface area contributed by atoms with E-state index in [-0.39, 0.29) is 0 Å². The average molecular weight is 331 g/mol. The molecule has 110 valence electrons. The second-order valence-corrected chi connectivity index (χ2v) is 6.19. The van der Waals surface area contributed by atoms with E-state index in [9.17, 15) is 0 Å². The third kappa shape index (κ3) is 2.22. The molecule has 3 heterocycles. The van der Waals surface area contributed by atoms with Gasteiger partial charge >= 0.3 is 0 Å². The van der Waals surface area contributed by atoms with Crippen molar-refractivity contribution in [1.82, 2.24) is 29.5 Å². The molecule has 0 radical (unpaired) electrons. The Kier molecular flexibility index (Phi) is 3.24. The normalized spacial score (nSPS) is 11.5. The van der Waals surface area contributed by atoms with Crippen molar-refractivity contribution >= 4 is 45.6 Å². The van der Waals surface area contributed by atoms with Crippen LogP contribution in [0.25, 0.3) is 22.2 Å². The first-order valence-electron chi connectivity index (χ1n) is 6.60. The lowest BCUT2D eigenvalue weighted by molar-refractivity contribution is 0.875. The number of imidazole rings is 2. The Morgan fingerprint density at radius 1 is 1.27 bits per heavy atom. The van der Waals surface area contributed by atoms with E-state index >= 15 is 0 Å². The predicted octanol–water partition coefficient (Wildman–Crippen LogP) is 3.19. The van der Waals surface area contributed by atoms with Crippen molar-refractivity contribution in [3.63, 3.8) is 0 Å². The molecule has 0 atom stereocenters. The highest BCUT2D eigenvalue weighted by atomic mass is 35.5. The minimum atomic E-state index is 0.675. The molecule has 6 nitrogen and oxygen atoms in total. The largest absolute Gasteiger partial charge is 0.341 e. The number of hydrogen-bond donors (Lipinski definition) is 1. The van der Waals surface area contributed by atoms with E-state index < -0.39 is 0 Å². The molecule has 3 aromatic heterocycles. The van der Waals surface area contributed by atoms with E-state index in [0.29, 0.717) is 16.4 Å². The first-order valence-corrected chi connectivity index (χ1v) is 7.96. The Bertz CT molecular complexity index is 976. The summed E-state index contributed by atoms with van der Waals surface area (Å²) in [6.45, 7) is 0. The fraction of sp³-hybridized carbons (Fsp3) is 0.143. The van der Waals surface area contributed by atoms with Gasteiger partial charge in [0.1, 0.15) is 22.7 Å². The number of aryl methyl sites for hydroxylation is 1. The van der Waals surface area contributed by atoms with Gasteiger partial charge in [-0.3, -0.25) is 0 Å². The molecule has 4 rings (SSSR count). The van der Waals surface area contributed by atoms with Gasteiger partial charge in [-0.25, -0.2) is 19.9 Å². The van der Waals surface area contributed by atoms with Gasteiger partial charge in [0.2, 0.25) is 0 Å². The quantitative estimate of drug-likeness (QED) is 0.461. The molecule has 1 N–H and O–H groups in total. The van der Waals surface area contributed by atoms with Crippen LogP contribution in [0.3, 0.4) is 0 Å². The van der Waals surface area contributed by atoms with Crippen molar-refractivity contribution in [2.45, 2.75) is 10.8 Å². The minimum Gasteiger partial charge on any atom is -0.341 e. The van der Waals surface area contributed by atoms with Crippen LogP contribution in [-0.4, -0.2) is 29.5 Å². The summed E-state index contributed by atoms with van der Waals surface area (Å²) in [6.07, 6.45) is 3.15. The van der Waals surface area contributed by atoms with Crippen LogP contribution in [-0.2, 0) is 12.8 Å². The van der Waals surface area contributed by atoms with Crippen LogP contribution in [0.1, 0.15) is 5.82 Å². The van der Waals surface area contributed by atoms with E-state index in [2.05, 4.69) is 29.5 Å². The number of nitrogens with zero attached hydrogens (tertiary/aromatic N) is 5. The second-order valence-electron chi connectivity index (χ2n) is 4.79. The van der Waals surface area contributed by atoms with Gasteiger partial charge in [0.25, 0.3) is 0 Å². The summed E-state index contributed by atoms with van der Waals surface area (Å²) in [7, 11) is 2.00. The molecule has 0 saturated heterocycles. The van der Waals surface area contributed by atoms with Crippen molar-refractivity contribution in [3.05, 3.63) is 41.7 Å². The zero-order valence-electron chi connectivity index (χ0n) is 11.6.